The summed E-state index contributed by atoms with van der Waals surface area (Å²) in [5.74, 6) is 0. The van der Waals surface area contributed by atoms with Gasteiger partial charge in [-0.1, -0.05) is 13.3 Å². The molecule has 0 N–H and O–H groups in total. The monoisotopic (exact) mass is 100 g/mol. The highest BCUT2D eigenvalue weighted by atomic mass is 16.3. The molecule has 0 aromatic heterocycles. The van der Waals surface area contributed by atoms with E-state index in [0.29, 0.717) is 6.42 Å². The van der Waals surface area contributed by atoms with E-state index in [0.717, 1.165) is 6.42 Å². The van der Waals surface area contributed by atoms with Gasteiger partial charge in [0.05, 0.1) is 0 Å². The highest BCUT2D eigenvalue weighted by Gasteiger charge is 2.11. The molecule has 0 bridgehead atoms. The Hall–Kier alpha value is -0.0400. The van der Waals surface area contributed by atoms with Crippen molar-refractivity contribution in [3.63, 3.8) is 0 Å². The van der Waals surface area contributed by atoms with Gasteiger partial charge in [-0.05, 0) is 20.3 Å². The maximum atomic E-state index is 10.6. The van der Waals surface area contributed by atoms with Crippen LogP contribution in [0.5, 0.6) is 0 Å². The van der Waals surface area contributed by atoms with E-state index in [-0.39, 0.29) is 0 Å². The molecule has 1 nitrogen and oxygen atoms in total. The van der Waals surface area contributed by atoms with Crippen LogP contribution in [-0.4, -0.2) is 5.60 Å². The third kappa shape index (κ3) is 5.96. The molecule has 0 aliphatic carbocycles. The maximum absolute atomic E-state index is 10.6. The predicted molar refractivity (Wildman–Crippen MR) is 29.4 cm³/mol. The van der Waals surface area contributed by atoms with Crippen LogP contribution in [0.25, 0.3) is 0 Å². The van der Waals surface area contributed by atoms with E-state index >= 15 is 0 Å². The highest BCUT2D eigenvalue weighted by molar-refractivity contribution is 4.72. The van der Waals surface area contributed by atoms with Crippen molar-refractivity contribution in [1.82, 2.24) is 0 Å². The van der Waals surface area contributed by atoms with E-state index in [1.54, 1.807) is 6.92 Å². The summed E-state index contributed by atoms with van der Waals surface area (Å²) in [5, 5.41) is 10.6. The van der Waals surface area contributed by atoms with Crippen molar-refractivity contribution in [2.45, 2.75) is 32.3 Å². The molecular formula is C6H12O. The highest BCUT2D eigenvalue weighted by Crippen LogP contribution is 2.08. The minimum absolute atomic E-state index is 0.674. The third-order valence-corrected chi connectivity index (χ3v) is 0.779. The quantitative estimate of drug-likeness (QED) is 0.504. The first-order valence-corrected chi connectivity index (χ1v) is 2.62. The Bertz CT molecular complexity index is 42.6. The van der Waals surface area contributed by atoms with Gasteiger partial charge in [0.1, 0.15) is 5.60 Å². The Morgan fingerprint density at radius 1 is 1.71 bits per heavy atom. The molecule has 0 aliphatic rings. The predicted octanol–water partition coefficient (Wildman–Crippen LogP) is 1.81. The molecule has 0 rings (SSSR count). The van der Waals surface area contributed by atoms with Crippen LogP contribution >= 0.6 is 0 Å². The van der Waals surface area contributed by atoms with E-state index < -0.39 is 5.60 Å². The number of hydrogen-bond acceptors (Lipinski definition) is 0. The molecule has 0 saturated carbocycles. The van der Waals surface area contributed by atoms with Crippen molar-refractivity contribution in [3.05, 3.63) is 6.92 Å². The van der Waals surface area contributed by atoms with Crippen molar-refractivity contribution in [2.24, 2.45) is 0 Å². The van der Waals surface area contributed by atoms with Crippen LogP contribution in [0.15, 0.2) is 0 Å². The minimum Gasteiger partial charge on any atom is -0.230 e. The van der Waals surface area contributed by atoms with E-state index in [1.165, 1.54) is 0 Å². The third-order valence-electron chi connectivity index (χ3n) is 0.779. The summed E-state index contributed by atoms with van der Waals surface area (Å²) in [4.78, 5) is 0. The smallest absolute Gasteiger partial charge is 0.101 e. The van der Waals surface area contributed by atoms with E-state index in [4.69, 9.17) is 0 Å². The van der Waals surface area contributed by atoms with E-state index in [2.05, 4.69) is 6.92 Å². The van der Waals surface area contributed by atoms with Crippen LogP contribution in [0.4, 0.5) is 0 Å². The van der Waals surface area contributed by atoms with Gasteiger partial charge in [-0.15, -0.1) is 0 Å². The molecule has 0 heterocycles. The van der Waals surface area contributed by atoms with Gasteiger partial charge in [-0.2, -0.15) is 0 Å². The van der Waals surface area contributed by atoms with Gasteiger partial charge in [0.15, 0.2) is 0 Å². The van der Waals surface area contributed by atoms with Gasteiger partial charge < -0.3 is 0 Å². The first-order valence-electron chi connectivity index (χ1n) is 2.62. The van der Waals surface area contributed by atoms with Crippen LogP contribution < -0.4 is 0 Å². The summed E-state index contributed by atoms with van der Waals surface area (Å²) in [5.41, 5.74) is -0.950. The standard InChI is InChI=1S/C6H12O/c1-4-5-6(2,3)7/h2,4-5H2,1,3H3. The SMILES string of the molecule is [CH2]C(C)([O])CCC. The summed E-state index contributed by atoms with van der Waals surface area (Å²) < 4.78 is 0. The molecule has 0 spiro atoms. The molecule has 2 radical (unpaired) electrons. The first-order chi connectivity index (χ1) is 3.06. The van der Waals surface area contributed by atoms with Gasteiger partial charge in [0.2, 0.25) is 0 Å². The van der Waals surface area contributed by atoms with Gasteiger partial charge in [0, 0.05) is 0 Å². The van der Waals surface area contributed by atoms with Crippen LogP contribution in [-0.2, 0) is 5.11 Å². The molecule has 42 valence electrons. The van der Waals surface area contributed by atoms with Crippen LogP contribution in [0.3, 0.4) is 0 Å². The van der Waals surface area contributed by atoms with E-state index in [9.17, 15) is 5.11 Å². The molecule has 0 aromatic carbocycles. The van der Waals surface area contributed by atoms with Crippen molar-refractivity contribution < 1.29 is 5.11 Å². The van der Waals surface area contributed by atoms with Gasteiger partial charge in [0.25, 0.3) is 0 Å². The second-order valence-electron chi connectivity index (χ2n) is 2.20. The minimum atomic E-state index is -0.950. The number of hydrogen-bond donors (Lipinski definition) is 0. The average molecular weight is 100 g/mol. The second kappa shape index (κ2) is 2.31. The average Bonchev–Trinajstić information content (AvgIpc) is 1.30. The lowest BCUT2D eigenvalue weighted by Crippen LogP contribution is -2.15. The van der Waals surface area contributed by atoms with Crippen LogP contribution in [0.2, 0.25) is 0 Å². The Morgan fingerprint density at radius 2 is 2.14 bits per heavy atom. The molecular weight excluding hydrogens is 88.1 g/mol. The summed E-state index contributed by atoms with van der Waals surface area (Å²) in [7, 11) is 0. The molecule has 1 unspecified atom stereocenters. The lowest BCUT2D eigenvalue weighted by Gasteiger charge is -2.10. The van der Waals surface area contributed by atoms with E-state index in [1.807, 2.05) is 6.92 Å². The molecule has 7 heavy (non-hydrogen) atoms. The fourth-order valence-electron chi connectivity index (χ4n) is 0.529. The normalized spacial score (nSPS) is 12.0. The molecule has 0 fully saturated rings. The molecule has 0 amide bonds. The lowest BCUT2D eigenvalue weighted by atomic mass is 10.0. The number of rotatable bonds is 2. The zero-order valence-corrected chi connectivity index (χ0v) is 5.03. The lowest BCUT2D eigenvalue weighted by molar-refractivity contribution is 0.0207. The summed E-state index contributed by atoms with van der Waals surface area (Å²) in [6.07, 6.45) is 1.61. The molecule has 0 aromatic rings. The molecule has 0 aliphatic heterocycles. The van der Waals surface area contributed by atoms with Gasteiger partial charge >= 0.3 is 0 Å². The second-order valence-corrected chi connectivity index (χ2v) is 2.20. The van der Waals surface area contributed by atoms with Gasteiger partial charge in [-0.3, -0.25) is 0 Å². The fraction of sp³-hybridized carbons (Fsp3) is 0.833. The maximum Gasteiger partial charge on any atom is 0.101 e. The van der Waals surface area contributed by atoms with Crippen LogP contribution in [0, 0.1) is 6.92 Å². The van der Waals surface area contributed by atoms with Gasteiger partial charge in [-0.25, -0.2) is 5.11 Å². The van der Waals surface area contributed by atoms with Crippen molar-refractivity contribution >= 4 is 0 Å². The molecule has 1 heteroatoms. The Kier molecular flexibility index (Phi) is 2.30. The topological polar surface area (TPSA) is 19.9 Å². The fourth-order valence-corrected chi connectivity index (χ4v) is 0.529. The zero-order valence-electron chi connectivity index (χ0n) is 5.03. The Morgan fingerprint density at radius 3 is 2.14 bits per heavy atom. The summed E-state index contributed by atoms with van der Waals surface area (Å²) >= 11 is 0. The summed E-state index contributed by atoms with van der Waals surface area (Å²) in [6.45, 7) is 7.00. The molecule has 1 atom stereocenters. The Labute approximate surface area is 45.4 Å². The largest absolute Gasteiger partial charge is 0.230 e. The zero-order chi connectivity index (χ0) is 5.91. The van der Waals surface area contributed by atoms with Crippen molar-refractivity contribution in [2.75, 3.05) is 0 Å². The van der Waals surface area contributed by atoms with Crippen LogP contribution in [0.1, 0.15) is 26.7 Å². The molecule has 0 saturated heterocycles. The van der Waals surface area contributed by atoms with Crippen molar-refractivity contribution in [3.8, 4) is 0 Å². The Balaban J connectivity index is 3.15. The summed E-state index contributed by atoms with van der Waals surface area (Å²) in [6, 6.07) is 0. The first kappa shape index (κ1) is 6.96. The van der Waals surface area contributed by atoms with Crippen molar-refractivity contribution in [1.29, 1.82) is 0 Å².